The maximum Gasteiger partial charge on any atom is 0.312 e. The van der Waals surface area contributed by atoms with Gasteiger partial charge in [0.15, 0.2) is 0 Å². The fourth-order valence-corrected chi connectivity index (χ4v) is 1.52. The molecule has 0 bridgehead atoms. The predicted molar refractivity (Wildman–Crippen MR) is 55.1 cm³/mol. The van der Waals surface area contributed by atoms with Crippen LogP contribution in [0.4, 0.5) is 4.79 Å². The number of halogens is 1. The average molecular weight is 208 g/mol. The first kappa shape index (κ1) is 12.5. The normalized spacial score (nSPS) is 17.5. The van der Waals surface area contributed by atoms with Crippen LogP contribution in [0.2, 0.25) is 0 Å². The number of nitrogens with zero attached hydrogens (tertiary/aromatic N) is 1. The maximum absolute atomic E-state index is 10.3. The number of hydrogen-bond donors (Lipinski definition) is 2. The summed E-state index contributed by atoms with van der Waals surface area (Å²) in [6.07, 6.45) is 3.92. The van der Waals surface area contributed by atoms with Crippen LogP contribution in [-0.2, 0) is 0 Å². The molecule has 1 aliphatic heterocycles. The first-order chi connectivity index (χ1) is 5.79. The van der Waals surface area contributed by atoms with E-state index in [0.717, 1.165) is 6.54 Å². The Morgan fingerprint density at radius 2 is 1.92 bits per heavy atom. The average Bonchev–Trinajstić information content (AvgIpc) is 2.05. The molecular formula is C8H18ClN3O. The minimum atomic E-state index is -0.424. The summed E-state index contributed by atoms with van der Waals surface area (Å²) in [4.78, 5) is 12.7. The second-order valence-electron chi connectivity index (χ2n) is 3.19. The van der Waals surface area contributed by atoms with Crippen LogP contribution in [0, 0.1) is 0 Å². The molecule has 0 aromatic carbocycles. The molecule has 1 fully saturated rings. The number of carbonyl (C=O) groups excluding carboxylic acids is 1. The number of likely N-dealkylation sites (tertiary alicyclic amines) is 1. The number of primary amides is 1. The molecule has 1 aliphatic rings. The number of nitrogens with one attached hydrogen (secondary N) is 1. The smallest absolute Gasteiger partial charge is 0.312 e. The zero-order valence-electron chi connectivity index (χ0n) is 7.79. The SMILES string of the molecule is Cl.NC(=O)NCCN1CCCCC1. The predicted octanol–water partition coefficient (Wildman–Crippen LogP) is 0.562. The molecule has 13 heavy (non-hydrogen) atoms. The van der Waals surface area contributed by atoms with E-state index in [9.17, 15) is 4.79 Å². The Labute approximate surface area is 85.3 Å². The van der Waals surface area contributed by atoms with E-state index in [1.54, 1.807) is 0 Å². The van der Waals surface area contributed by atoms with E-state index < -0.39 is 6.03 Å². The van der Waals surface area contributed by atoms with Gasteiger partial charge in [0, 0.05) is 13.1 Å². The second kappa shape index (κ2) is 6.97. The summed E-state index contributed by atoms with van der Waals surface area (Å²) in [6.45, 7) is 3.94. The van der Waals surface area contributed by atoms with Gasteiger partial charge in [-0.3, -0.25) is 0 Å². The van der Waals surface area contributed by atoms with Crippen LogP contribution >= 0.6 is 12.4 Å². The lowest BCUT2D eigenvalue weighted by molar-refractivity contribution is 0.223. The fourth-order valence-electron chi connectivity index (χ4n) is 1.52. The van der Waals surface area contributed by atoms with Crippen molar-refractivity contribution >= 4 is 18.4 Å². The summed E-state index contributed by atoms with van der Waals surface area (Å²) in [5, 5.41) is 2.59. The third kappa shape index (κ3) is 5.71. The lowest BCUT2D eigenvalue weighted by atomic mass is 10.1. The Balaban J connectivity index is 0.00000144. The number of amides is 2. The molecule has 0 aromatic rings. The van der Waals surface area contributed by atoms with Crippen molar-refractivity contribution in [1.82, 2.24) is 10.2 Å². The van der Waals surface area contributed by atoms with Crippen LogP contribution in [0.3, 0.4) is 0 Å². The molecule has 0 radical (unpaired) electrons. The lowest BCUT2D eigenvalue weighted by Crippen LogP contribution is -2.39. The monoisotopic (exact) mass is 207 g/mol. The molecule has 78 valence electrons. The standard InChI is InChI=1S/C8H17N3O.ClH/c9-8(12)10-4-7-11-5-2-1-3-6-11;/h1-7H2,(H3,9,10,12);1H. The Bertz CT molecular complexity index is 148. The molecule has 5 heteroatoms. The molecule has 2 amide bonds. The molecular weight excluding hydrogens is 190 g/mol. The summed E-state index contributed by atoms with van der Waals surface area (Å²) in [5.74, 6) is 0. The van der Waals surface area contributed by atoms with Crippen molar-refractivity contribution in [3.05, 3.63) is 0 Å². The van der Waals surface area contributed by atoms with Crippen LogP contribution in [0.15, 0.2) is 0 Å². The van der Waals surface area contributed by atoms with E-state index in [-0.39, 0.29) is 12.4 Å². The second-order valence-corrected chi connectivity index (χ2v) is 3.19. The number of carbonyl (C=O) groups is 1. The van der Waals surface area contributed by atoms with Gasteiger partial charge in [-0.25, -0.2) is 4.79 Å². The first-order valence-corrected chi connectivity index (χ1v) is 4.55. The maximum atomic E-state index is 10.3. The van der Waals surface area contributed by atoms with Gasteiger partial charge < -0.3 is 16.0 Å². The van der Waals surface area contributed by atoms with Crippen LogP contribution < -0.4 is 11.1 Å². The van der Waals surface area contributed by atoms with E-state index in [1.165, 1.54) is 32.4 Å². The van der Waals surface area contributed by atoms with Crippen molar-refractivity contribution < 1.29 is 4.79 Å². The van der Waals surface area contributed by atoms with Crippen LogP contribution in [0.25, 0.3) is 0 Å². The Hall–Kier alpha value is -0.480. The van der Waals surface area contributed by atoms with Gasteiger partial charge in [0.2, 0.25) is 0 Å². The van der Waals surface area contributed by atoms with Gasteiger partial charge in [-0.1, -0.05) is 6.42 Å². The van der Waals surface area contributed by atoms with Crippen molar-refractivity contribution in [2.45, 2.75) is 19.3 Å². The molecule has 0 atom stereocenters. The zero-order chi connectivity index (χ0) is 8.81. The minimum Gasteiger partial charge on any atom is -0.352 e. The van der Waals surface area contributed by atoms with Crippen molar-refractivity contribution in [3.8, 4) is 0 Å². The number of urea groups is 1. The van der Waals surface area contributed by atoms with Gasteiger partial charge in [-0.05, 0) is 25.9 Å². The Morgan fingerprint density at radius 1 is 1.31 bits per heavy atom. The Kier molecular flexibility index (Phi) is 6.72. The molecule has 4 nitrogen and oxygen atoms in total. The topological polar surface area (TPSA) is 58.4 Å². The van der Waals surface area contributed by atoms with E-state index >= 15 is 0 Å². The summed E-state index contributed by atoms with van der Waals surface area (Å²) in [6, 6.07) is -0.424. The molecule has 0 spiro atoms. The van der Waals surface area contributed by atoms with Crippen LogP contribution in [0.1, 0.15) is 19.3 Å². The zero-order valence-corrected chi connectivity index (χ0v) is 8.61. The van der Waals surface area contributed by atoms with Crippen molar-refractivity contribution in [3.63, 3.8) is 0 Å². The van der Waals surface area contributed by atoms with E-state index in [2.05, 4.69) is 10.2 Å². The highest BCUT2D eigenvalue weighted by Gasteiger charge is 2.08. The number of piperidine rings is 1. The van der Waals surface area contributed by atoms with Gasteiger partial charge in [0.25, 0.3) is 0 Å². The molecule has 3 N–H and O–H groups in total. The molecule has 1 saturated heterocycles. The van der Waals surface area contributed by atoms with E-state index in [0.29, 0.717) is 6.54 Å². The van der Waals surface area contributed by atoms with Crippen molar-refractivity contribution in [1.29, 1.82) is 0 Å². The summed E-state index contributed by atoms with van der Waals surface area (Å²) >= 11 is 0. The van der Waals surface area contributed by atoms with E-state index in [4.69, 9.17) is 5.73 Å². The molecule has 1 rings (SSSR count). The lowest BCUT2D eigenvalue weighted by Gasteiger charge is -2.26. The highest BCUT2D eigenvalue weighted by atomic mass is 35.5. The molecule has 0 aromatic heterocycles. The third-order valence-corrected chi connectivity index (χ3v) is 2.18. The summed E-state index contributed by atoms with van der Waals surface area (Å²) < 4.78 is 0. The van der Waals surface area contributed by atoms with Crippen LogP contribution in [-0.4, -0.2) is 37.1 Å². The van der Waals surface area contributed by atoms with Gasteiger partial charge in [0.05, 0.1) is 0 Å². The van der Waals surface area contributed by atoms with Gasteiger partial charge in [-0.15, -0.1) is 12.4 Å². The van der Waals surface area contributed by atoms with Gasteiger partial charge in [0.1, 0.15) is 0 Å². The fraction of sp³-hybridized carbons (Fsp3) is 0.875. The number of nitrogens with two attached hydrogens (primary N) is 1. The molecule has 1 heterocycles. The molecule has 0 saturated carbocycles. The number of rotatable bonds is 3. The highest BCUT2D eigenvalue weighted by Crippen LogP contribution is 2.06. The number of hydrogen-bond acceptors (Lipinski definition) is 2. The summed E-state index contributed by atoms with van der Waals surface area (Å²) in [7, 11) is 0. The van der Waals surface area contributed by atoms with Gasteiger partial charge >= 0.3 is 6.03 Å². The minimum absolute atomic E-state index is 0. The van der Waals surface area contributed by atoms with E-state index in [1.807, 2.05) is 0 Å². The largest absolute Gasteiger partial charge is 0.352 e. The first-order valence-electron chi connectivity index (χ1n) is 4.55. The molecule has 0 aliphatic carbocycles. The van der Waals surface area contributed by atoms with Crippen molar-refractivity contribution in [2.75, 3.05) is 26.2 Å². The molecule has 0 unspecified atom stereocenters. The van der Waals surface area contributed by atoms with Gasteiger partial charge in [-0.2, -0.15) is 0 Å². The van der Waals surface area contributed by atoms with Crippen LogP contribution in [0.5, 0.6) is 0 Å². The highest BCUT2D eigenvalue weighted by molar-refractivity contribution is 5.85. The van der Waals surface area contributed by atoms with Crippen molar-refractivity contribution in [2.24, 2.45) is 5.73 Å². The Morgan fingerprint density at radius 3 is 2.46 bits per heavy atom. The summed E-state index contributed by atoms with van der Waals surface area (Å²) in [5.41, 5.74) is 4.94. The third-order valence-electron chi connectivity index (χ3n) is 2.18. The quantitative estimate of drug-likeness (QED) is 0.711.